The zero-order chi connectivity index (χ0) is 13.2. The standard InChI is InChI=1S/C14H19N3OS/c1-2-19-10-7-6-9(8-10)16-14-17-13-11(15)4-3-5-12(13)18-14/h3-5,9-10H,2,6-8,15H2,1H3,(H,16,17). The van der Waals surface area contributed by atoms with Gasteiger partial charge in [-0.3, -0.25) is 0 Å². The van der Waals surface area contributed by atoms with Crippen LogP contribution in [-0.4, -0.2) is 22.0 Å². The minimum atomic E-state index is 0.471. The van der Waals surface area contributed by atoms with Crippen LogP contribution in [0.2, 0.25) is 0 Å². The van der Waals surface area contributed by atoms with Crippen LogP contribution in [0.15, 0.2) is 22.6 Å². The Bertz CT molecular complexity index is 569. The maximum Gasteiger partial charge on any atom is 0.295 e. The highest BCUT2D eigenvalue weighted by atomic mass is 32.2. The van der Waals surface area contributed by atoms with Gasteiger partial charge in [-0.1, -0.05) is 13.0 Å². The third-order valence-corrected chi connectivity index (χ3v) is 4.80. The van der Waals surface area contributed by atoms with Gasteiger partial charge < -0.3 is 15.5 Å². The number of para-hydroxylation sites is 1. The molecule has 0 amide bonds. The van der Waals surface area contributed by atoms with Crippen LogP contribution in [-0.2, 0) is 0 Å². The molecule has 1 saturated carbocycles. The molecule has 0 saturated heterocycles. The molecule has 5 heteroatoms. The second kappa shape index (κ2) is 5.33. The number of anilines is 2. The minimum absolute atomic E-state index is 0.471. The zero-order valence-electron chi connectivity index (χ0n) is 11.1. The van der Waals surface area contributed by atoms with Crippen molar-refractivity contribution >= 4 is 34.6 Å². The Kier molecular flexibility index (Phi) is 3.55. The Hall–Kier alpha value is -1.36. The van der Waals surface area contributed by atoms with Crippen molar-refractivity contribution in [3.8, 4) is 0 Å². The van der Waals surface area contributed by atoms with Crippen molar-refractivity contribution in [2.75, 3.05) is 16.8 Å². The average Bonchev–Trinajstić information content (AvgIpc) is 2.98. The average molecular weight is 277 g/mol. The van der Waals surface area contributed by atoms with Crippen molar-refractivity contribution in [3.63, 3.8) is 0 Å². The van der Waals surface area contributed by atoms with Gasteiger partial charge in [-0.05, 0) is 37.1 Å². The van der Waals surface area contributed by atoms with E-state index in [9.17, 15) is 0 Å². The predicted molar refractivity (Wildman–Crippen MR) is 81.6 cm³/mol. The Morgan fingerprint density at radius 2 is 2.37 bits per heavy atom. The van der Waals surface area contributed by atoms with Crippen molar-refractivity contribution in [2.45, 2.75) is 37.5 Å². The second-order valence-electron chi connectivity index (χ2n) is 4.94. The summed E-state index contributed by atoms with van der Waals surface area (Å²) in [6.45, 7) is 2.22. The number of nitrogens with zero attached hydrogens (tertiary/aromatic N) is 1. The summed E-state index contributed by atoms with van der Waals surface area (Å²) in [5.74, 6) is 1.19. The molecule has 1 fully saturated rings. The van der Waals surface area contributed by atoms with Crippen molar-refractivity contribution in [1.82, 2.24) is 4.98 Å². The molecule has 0 radical (unpaired) electrons. The number of thioether (sulfide) groups is 1. The SMILES string of the molecule is CCSC1CCC(Nc2nc3c(N)cccc3o2)C1. The summed E-state index contributed by atoms with van der Waals surface area (Å²) in [6.07, 6.45) is 3.65. The van der Waals surface area contributed by atoms with E-state index in [1.165, 1.54) is 25.0 Å². The van der Waals surface area contributed by atoms with Crippen LogP contribution in [0.5, 0.6) is 0 Å². The van der Waals surface area contributed by atoms with E-state index < -0.39 is 0 Å². The number of rotatable bonds is 4. The summed E-state index contributed by atoms with van der Waals surface area (Å²) in [5, 5.41) is 4.17. The Balaban J connectivity index is 1.70. The van der Waals surface area contributed by atoms with Gasteiger partial charge in [0.15, 0.2) is 5.58 Å². The van der Waals surface area contributed by atoms with Crippen LogP contribution in [0.4, 0.5) is 11.7 Å². The number of oxazole rings is 1. The largest absolute Gasteiger partial charge is 0.423 e. The summed E-state index contributed by atoms with van der Waals surface area (Å²) in [4.78, 5) is 4.44. The van der Waals surface area contributed by atoms with E-state index in [2.05, 4.69) is 17.2 Å². The Morgan fingerprint density at radius 3 is 3.16 bits per heavy atom. The second-order valence-corrected chi connectivity index (χ2v) is 6.52. The number of hydrogen-bond donors (Lipinski definition) is 2. The van der Waals surface area contributed by atoms with Crippen LogP contribution in [0.25, 0.3) is 11.1 Å². The van der Waals surface area contributed by atoms with E-state index in [1.807, 2.05) is 30.0 Å². The van der Waals surface area contributed by atoms with E-state index in [0.717, 1.165) is 16.3 Å². The maximum atomic E-state index is 5.89. The summed E-state index contributed by atoms with van der Waals surface area (Å²) < 4.78 is 5.70. The highest BCUT2D eigenvalue weighted by Gasteiger charge is 2.25. The lowest BCUT2D eigenvalue weighted by atomic mass is 10.3. The number of benzene rings is 1. The minimum Gasteiger partial charge on any atom is -0.423 e. The topological polar surface area (TPSA) is 64.1 Å². The van der Waals surface area contributed by atoms with Gasteiger partial charge in [-0.25, -0.2) is 0 Å². The van der Waals surface area contributed by atoms with Crippen LogP contribution >= 0.6 is 11.8 Å². The first-order valence-corrected chi connectivity index (χ1v) is 7.84. The predicted octanol–water partition coefficient (Wildman–Crippen LogP) is 3.50. The molecule has 2 atom stereocenters. The molecule has 0 spiro atoms. The fraction of sp³-hybridized carbons (Fsp3) is 0.500. The summed E-state index contributed by atoms with van der Waals surface area (Å²) in [5.41, 5.74) is 8.05. The lowest BCUT2D eigenvalue weighted by Gasteiger charge is -2.10. The lowest BCUT2D eigenvalue weighted by Crippen LogP contribution is -2.16. The number of nitrogen functional groups attached to an aromatic ring is 1. The van der Waals surface area contributed by atoms with Crippen LogP contribution in [0.3, 0.4) is 0 Å². The third-order valence-electron chi connectivity index (χ3n) is 3.56. The van der Waals surface area contributed by atoms with Crippen LogP contribution in [0, 0.1) is 0 Å². The normalized spacial score (nSPS) is 23.0. The van der Waals surface area contributed by atoms with E-state index in [4.69, 9.17) is 10.2 Å². The molecule has 1 aliphatic rings. The molecule has 19 heavy (non-hydrogen) atoms. The Labute approximate surface area is 117 Å². The van der Waals surface area contributed by atoms with Gasteiger partial charge in [0.2, 0.25) is 0 Å². The quantitative estimate of drug-likeness (QED) is 0.837. The first-order chi connectivity index (χ1) is 9.26. The monoisotopic (exact) mass is 277 g/mol. The molecule has 1 aromatic heterocycles. The molecule has 0 aliphatic heterocycles. The zero-order valence-corrected chi connectivity index (χ0v) is 11.9. The molecule has 2 unspecified atom stereocenters. The molecule has 3 rings (SSSR count). The van der Waals surface area contributed by atoms with Crippen molar-refractivity contribution in [1.29, 1.82) is 0 Å². The molecule has 0 bridgehead atoms. The first-order valence-electron chi connectivity index (χ1n) is 6.79. The third kappa shape index (κ3) is 2.66. The van der Waals surface area contributed by atoms with Crippen molar-refractivity contribution < 1.29 is 4.42 Å². The molecule has 1 aliphatic carbocycles. The maximum absolute atomic E-state index is 5.89. The van der Waals surface area contributed by atoms with Crippen molar-refractivity contribution in [2.24, 2.45) is 0 Å². The smallest absolute Gasteiger partial charge is 0.295 e. The van der Waals surface area contributed by atoms with Gasteiger partial charge in [0, 0.05) is 11.3 Å². The highest BCUT2D eigenvalue weighted by molar-refractivity contribution is 7.99. The van der Waals surface area contributed by atoms with E-state index >= 15 is 0 Å². The fourth-order valence-electron chi connectivity index (χ4n) is 2.66. The van der Waals surface area contributed by atoms with Gasteiger partial charge in [0.25, 0.3) is 6.01 Å². The number of nitrogens with one attached hydrogen (secondary N) is 1. The summed E-state index contributed by atoms with van der Waals surface area (Å²) in [6, 6.07) is 6.70. The lowest BCUT2D eigenvalue weighted by molar-refractivity contribution is 0.594. The number of fused-ring (bicyclic) bond motifs is 1. The molecule has 3 N–H and O–H groups in total. The molecule has 1 heterocycles. The van der Waals surface area contributed by atoms with Gasteiger partial charge in [-0.15, -0.1) is 0 Å². The number of hydrogen-bond acceptors (Lipinski definition) is 5. The summed E-state index contributed by atoms with van der Waals surface area (Å²) >= 11 is 2.05. The fourth-order valence-corrected chi connectivity index (χ4v) is 3.81. The Morgan fingerprint density at radius 1 is 1.47 bits per heavy atom. The molecule has 4 nitrogen and oxygen atoms in total. The van der Waals surface area contributed by atoms with Crippen LogP contribution in [0.1, 0.15) is 26.2 Å². The first kappa shape index (κ1) is 12.7. The molecular formula is C14H19N3OS. The molecule has 1 aromatic carbocycles. The molecular weight excluding hydrogens is 258 g/mol. The van der Waals surface area contributed by atoms with Gasteiger partial charge >= 0.3 is 0 Å². The van der Waals surface area contributed by atoms with E-state index in [-0.39, 0.29) is 0 Å². The van der Waals surface area contributed by atoms with Crippen LogP contribution < -0.4 is 11.1 Å². The number of aromatic nitrogens is 1. The van der Waals surface area contributed by atoms with Gasteiger partial charge in [0.05, 0.1) is 5.69 Å². The summed E-state index contributed by atoms with van der Waals surface area (Å²) in [7, 11) is 0. The van der Waals surface area contributed by atoms with Gasteiger partial charge in [0.1, 0.15) is 5.52 Å². The number of nitrogens with two attached hydrogens (primary N) is 1. The van der Waals surface area contributed by atoms with E-state index in [1.54, 1.807) is 0 Å². The van der Waals surface area contributed by atoms with Crippen molar-refractivity contribution in [3.05, 3.63) is 18.2 Å². The van der Waals surface area contributed by atoms with E-state index in [0.29, 0.717) is 17.7 Å². The van der Waals surface area contributed by atoms with Gasteiger partial charge in [-0.2, -0.15) is 16.7 Å². The molecule has 2 aromatic rings. The molecule has 102 valence electrons. The highest BCUT2D eigenvalue weighted by Crippen LogP contribution is 2.32.